The fourth-order valence-corrected chi connectivity index (χ4v) is 3.75. The summed E-state index contributed by atoms with van der Waals surface area (Å²) in [5, 5.41) is 22.1. The van der Waals surface area contributed by atoms with Gasteiger partial charge >= 0.3 is 11.9 Å². The predicted octanol–water partition coefficient (Wildman–Crippen LogP) is 4.83. The highest BCUT2D eigenvalue weighted by atomic mass is 35.5. The van der Waals surface area contributed by atoms with Crippen LogP contribution in [0.3, 0.4) is 0 Å². The van der Waals surface area contributed by atoms with E-state index in [1.165, 1.54) is 6.07 Å². The third kappa shape index (κ3) is 5.53. The molecule has 0 aliphatic rings. The van der Waals surface area contributed by atoms with E-state index < -0.39 is 23.9 Å². The van der Waals surface area contributed by atoms with Crippen LogP contribution in [0.5, 0.6) is 0 Å². The van der Waals surface area contributed by atoms with Crippen LogP contribution in [-0.4, -0.2) is 34.1 Å². The molecule has 164 valence electrons. The summed E-state index contributed by atoms with van der Waals surface area (Å²) < 4.78 is 0. The quantitative estimate of drug-likeness (QED) is 0.455. The Bertz CT molecular complexity index is 1170. The number of benzene rings is 3. The van der Waals surface area contributed by atoms with Gasteiger partial charge in [-0.05, 0) is 59.9 Å². The number of halogens is 1. The Hall–Kier alpha value is -3.64. The molecule has 0 fully saturated rings. The number of rotatable bonds is 8. The minimum atomic E-state index is -1.06. The zero-order chi connectivity index (χ0) is 23.3. The van der Waals surface area contributed by atoms with Gasteiger partial charge in [-0.25, -0.2) is 4.79 Å². The minimum absolute atomic E-state index is 0.135. The summed E-state index contributed by atoms with van der Waals surface area (Å²) >= 11 is 6.20. The molecule has 0 radical (unpaired) electrons. The lowest BCUT2D eigenvalue weighted by Crippen LogP contribution is -2.38. The molecular formula is C25H22ClNO5. The van der Waals surface area contributed by atoms with Crippen LogP contribution in [0.4, 0.5) is 0 Å². The number of nitrogens with one attached hydrogen (secondary N) is 1. The largest absolute Gasteiger partial charge is 0.481 e. The number of aryl methyl sites for hydroxylation is 1. The van der Waals surface area contributed by atoms with Gasteiger partial charge in [0.2, 0.25) is 0 Å². The van der Waals surface area contributed by atoms with E-state index in [1.54, 1.807) is 60.7 Å². The Morgan fingerprint density at radius 3 is 2.31 bits per heavy atom. The van der Waals surface area contributed by atoms with Crippen molar-refractivity contribution in [3.63, 3.8) is 0 Å². The highest BCUT2D eigenvalue weighted by molar-refractivity contribution is 6.31. The Morgan fingerprint density at radius 2 is 1.62 bits per heavy atom. The molecule has 3 aromatic carbocycles. The molecule has 6 nitrogen and oxygen atoms in total. The number of aliphatic carboxylic acids is 1. The third-order valence-corrected chi connectivity index (χ3v) is 5.50. The van der Waals surface area contributed by atoms with Gasteiger partial charge in [0.1, 0.15) is 0 Å². The normalized spacial score (nSPS) is 11.6. The Labute approximate surface area is 190 Å². The first-order chi connectivity index (χ1) is 15.3. The van der Waals surface area contributed by atoms with Crippen LogP contribution >= 0.6 is 11.6 Å². The standard InChI is InChI=1S/C25H22ClNO5/c1-15-10-11-17(13-21(15)19-7-3-4-8-20(19)25(31)32)24(30)27-18(14-23(28)29)12-16-6-2-5-9-22(16)26/h2-11,13,18H,12,14H2,1H3,(H,27,30)(H,28,29)(H,31,32)/t18-/m1/s1. The van der Waals surface area contributed by atoms with Crippen molar-refractivity contribution in [1.29, 1.82) is 0 Å². The van der Waals surface area contributed by atoms with Crippen molar-refractivity contribution < 1.29 is 24.6 Å². The molecule has 0 aliphatic heterocycles. The molecule has 0 bridgehead atoms. The summed E-state index contributed by atoms with van der Waals surface area (Å²) in [4.78, 5) is 35.9. The van der Waals surface area contributed by atoms with Gasteiger partial charge in [-0.2, -0.15) is 0 Å². The first kappa shape index (κ1) is 23.0. The average molecular weight is 452 g/mol. The van der Waals surface area contributed by atoms with Gasteiger partial charge in [0.15, 0.2) is 0 Å². The molecule has 3 aromatic rings. The lowest BCUT2D eigenvalue weighted by molar-refractivity contribution is -0.137. The van der Waals surface area contributed by atoms with Crippen LogP contribution in [0.25, 0.3) is 11.1 Å². The van der Waals surface area contributed by atoms with Crippen LogP contribution in [0.1, 0.15) is 38.3 Å². The summed E-state index contributed by atoms with van der Waals surface area (Å²) in [6.07, 6.45) is -0.00416. The molecule has 0 saturated carbocycles. The molecule has 1 amide bonds. The molecule has 0 aliphatic carbocycles. The van der Waals surface area contributed by atoms with E-state index in [0.29, 0.717) is 21.7 Å². The fourth-order valence-electron chi connectivity index (χ4n) is 3.54. The van der Waals surface area contributed by atoms with Crippen LogP contribution in [-0.2, 0) is 11.2 Å². The number of hydrogen-bond donors (Lipinski definition) is 3. The minimum Gasteiger partial charge on any atom is -0.481 e. The van der Waals surface area contributed by atoms with Crippen LogP contribution in [0.2, 0.25) is 5.02 Å². The summed E-state index contributed by atoms with van der Waals surface area (Å²) in [7, 11) is 0. The number of hydrogen-bond acceptors (Lipinski definition) is 3. The summed E-state index contributed by atoms with van der Waals surface area (Å²) in [5.74, 6) is -2.55. The maximum atomic E-state index is 13.0. The van der Waals surface area contributed by atoms with Crippen LogP contribution in [0, 0.1) is 6.92 Å². The average Bonchev–Trinajstić information content (AvgIpc) is 2.75. The van der Waals surface area contributed by atoms with E-state index in [0.717, 1.165) is 11.1 Å². The lowest BCUT2D eigenvalue weighted by Gasteiger charge is -2.19. The monoisotopic (exact) mass is 451 g/mol. The molecule has 0 unspecified atom stereocenters. The summed E-state index contributed by atoms with van der Waals surface area (Å²) in [6.45, 7) is 1.83. The zero-order valence-corrected chi connectivity index (χ0v) is 18.1. The highest BCUT2D eigenvalue weighted by Crippen LogP contribution is 2.28. The number of amides is 1. The molecule has 3 N–H and O–H groups in total. The maximum Gasteiger partial charge on any atom is 0.336 e. The molecule has 0 heterocycles. The molecule has 1 atom stereocenters. The van der Waals surface area contributed by atoms with Gasteiger partial charge < -0.3 is 15.5 Å². The van der Waals surface area contributed by atoms with Crippen molar-refractivity contribution in [1.82, 2.24) is 5.32 Å². The second-order valence-corrected chi connectivity index (χ2v) is 7.85. The fraction of sp³-hybridized carbons (Fsp3) is 0.160. The highest BCUT2D eigenvalue weighted by Gasteiger charge is 2.20. The molecule has 3 rings (SSSR count). The van der Waals surface area contributed by atoms with E-state index >= 15 is 0 Å². The van der Waals surface area contributed by atoms with Crippen molar-refractivity contribution in [2.24, 2.45) is 0 Å². The van der Waals surface area contributed by atoms with Crippen molar-refractivity contribution in [3.05, 3.63) is 94.0 Å². The van der Waals surface area contributed by atoms with Crippen molar-refractivity contribution in [2.75, 3.05) is 0 Å². The van der Waals surface area contributed by atoms with Crippen molar-refractivity contribution in [2.45, 2.75) is 25.8 Å². The molecule has 32 heavy (non-hydrogen) atoms. The topological polar surface area (TPSA) is 104 Å². The molecule has 0 spiro atoms. The number of carboxylic acids is 2. The molecule has 0 aromatic heterocycles. The van der Waals surface area contributed by atoms with Gasteiger partial charge in [0, 0.05) is 16.6 Å². The zero-order valence-electron chi connectivity index (χ0n) is 17.3. The van der Waals surface area contributed by atoms with Gasteiger partial charge in [0.05, 0.1) is 12.0 Å². The van der Waals surface area contributed by atoms with E-state index in [9.17, 15) is 24.6 Å². The van der Waals surface area contributed by atoms with Gasteiger partial charge in [-0.15, -0.1) is 0 Å². The van der Waals surface area contributed by atoms with Crippen molar-refractivity contribution in [3.8, 4) is 11.1 Å². The Kier molecular flexibility index (Phi) is 7.28. The molecular weight excluding hydrogens is 430 g/mol. The van der Waals surface area contributed by atoms with E-state index in [2.05, 4.69) is 5.32 Å². The summed E-state index contributed by atoms with van der Waals surface area (Å²) in [5.41, 5.74) is 3.12. The second-order valence-electron chi connectivity index (χ2n) is 7.44. The first-order valence-corrected chi connectivity index (χ1v) is 10.3. The lowest BCUT2D eigenvalue weighted by atomic mass is 9.94. The number of aromatic carboxylic acids is 1. The van der Waals surface area contributed by atoms with Gasteiger partial charge in [-0.1, -0.05) is 54.1 Å². The predicted molar refractivity (Wildman–Crippen MR) is 122 cm³/mol. The van der Waals surface area contributed by atoms with Crippen LogP contribution in [0.15, 0.2) is 66.7 Å². The third-order valence-electron chi connectivity index (χ3n) is 5.13. The Balaban J connectivity index is 1.89. The Morgan fingerprint density at radius 1 is 0.938 bits per heavy atom. The summed E-state index contributed by atoms with van der Waals surface area (Å²) in [6, 6.07) is 18.0. The second kappa shape index (κ2) is 10.1. The van der Waals surface area contributed by atoms with Gasteiger partial charge in [0.25, 0.3) is 5.91 Å². The number of carbonyl (C=O) groups is 3. The smallest absolute Gasteiger partial charge is 0.336 e. The number of carbonyl (C=O) groups excluding carboxylic acids is 1. The van der Waals surface area contributed by atoms with E-state index in [1.807, 2.05) is 6.92 Å². The first-order valence-electron chi connectivity index (χ1n) is 9.95. The molecule has 7 heteroatoms. The number of carboxylic acid groups (broad SMARTS) is 2. The van der Waals surface area contributed by atoms with E-state index in [4.69, 9.17) is 11.6 Å². The van der Waals surface area contributed by atoms with Crippen LogP contribution < -0.4 is 5.32 Å². The van der Waals surface area contributed by atoms with E-state index in [-0.39, 0.29) is 18.4 Å². The van der Waals surface area contributed by atoms with Gasteiger partial charge in [-0.3, -0.25) is 9.59 Å². The SMILES string of the molecule is Cc1ccc(C(=O)N[C@@H](CC(=O)O)Cc2ccccc2Cl)cc1-c1ccccc1C(=O)O. The maximum absolute atomic E-state index is 13.0. The molecule has 0 saturated heterocycles. The van der Waals surface area contributed by atoms with Crippen molar-refractivity contribution >= 4 is 29.4 Å².